The van der Waals surface area contributed by atoms with Crippen molar-refractivity contribution in [2.45, 2.75) is 0 Å². The number of rotatable bonds is 1. The molecule has 0 atom stereocenters. The zero-order valence-electron chi connectivity index (χ0n) is 9.06. The maximum Gasteiger partial charge on any atom is 0.277 e. The van der Waals surface area contributed by atoms with Crippen LogP contribution in [-0.2, 0) is 4.79 Å². The first-order valence-corrected chi connectivity index (χ1v) is 5.80. The van der Waals surface area contributed by atoms with Crippen molar-refractivity contribution in [3.63, 3.8) is 0 Å². The SMILES string of the molecule is O=C1C=CC(=NC(=O)c2ccc(Cl)cc2)C=C1Cl. The Labute approximate surface area is 113 Å². The summed E-state index contributed by atoms with van der Waals surface area (Å²) in [6, 6.07) is 6.38. The van der Waals surface area contributed by atoms with Gasteiger partial charge in [0.25, 0.3) is 5.91 Å². The molecule has 0 aromatic heterocycles. The van der Waals surface area contributed by atoms with Crippen molar-refractivity contribution in [3.8, 4) is 0 Å². The molecular formula is C13H7Cl2NO2. The first-order valence-electron chi connectivity index (χ1n) is 5.04. The lowest BCUT2D eigenvalue weighted by Crippen LogP contribution is -2.06. The minimum absolute atomic E-state index is 0.0418. The van der Waals surface area contributed by atoms with E-state index >= 15 is 0 Å². The number of benzene rings is 1. The minimum atomic E-state index is -0.415. The molecule has 0 aliphatic heterocycles. The van der Waals surface area contributed by atoms with Crippen LogP contribution in [0.1, 0.15) is 10.4 Å². The van der Waals surface area contributed by atoms with Gasteiger partial charge in [0.1, 0.15) is 0 Å². The number of carbonyl (C=O) groups is 2. The van der Waals surface area contributed by atoms with Crippen LogP contribution >= 0.6 is 23.2 Å². The molecule has 2 rings (SSSR count). The molecule has 1 aromatic carbocycles. The second-order valence-electron chi connectivity index (χ2n) is 3.54. The Hall–Kier alpha value is -1.71. The van der Waals surface area contributed by atoms with Crippen molar-refractivity contribution in [1.29, 1.82) is 0 Å². The predicted molar refractivity (Wildman–Crippen MR) is 71.3 cm³/mol. The third-order valence-corrected chi connectivity index (χ3v) is 2.78. The molecule has 18 heavy (non-hydrogen) atoms. The molecular weight excluding hydrogens is 273 g/mol. The molecule has 0 N–H and O–H groups in total. The minimum Gasteiger partial charge on any atom is -0.288 e. The van der Waals surface area contributed by atoms with E-state index < -0.39 is 5.91 Å². The summed E-state index contributed by atoms with van der Waals surface area (Å²) in [7, 11) is 0. The van der Waals surface area contributed by atoms with Gasteiger partial charge in [0, 0.05) is 10.6 Å². The standard InChI is InChI=1S/C13H7Cl2NO2/c14-9-3-1-8(2-4-9)13(18)16-10-5-6-12(17)11(15)7-10/h1-7H. The largest absolute Gasteiger partial charge is 0.288 e. The lowest BCUT2D eigenvalue weighted by atomic mass is 10.1. The topological polar surface area (TPSA) is 46.5 Å². The van der Waals surface area contributed by atoms with Gasteiger partial charge in [0.2, 0.25) is 0 Å². The highest BCUT2D eigenvalue weighted by atomic mass is 35.5. The van der Waals surface area contributed by atoms with Gasteiger partial charge in [-0.15, -0.1) is 0 Å². The van der Waals surface area contributed by atoms with Crippen LogP contribution in [0.15, 0.2) is 52.5 Å². The van der Waals surface area contributed by atoms with Crippen LogP contribution < -0.4 is 0 Å². The maximum absolute atomic E-state index is 11.8. The van der Waals surface area contributed by atoms with Gasteiger partial charge in [-0.05, 0) is 42.5 Å². The van der Waals surface area contributed by atoms with Crippen molar-refractivity contribution in [1.82, 2.24) is 0 Å². The lowest BCUT2D eigenvalue weighted by Gasteiger charge is -2.02. The molecule has 1 aliphatic rings. The normalized spacial score (nSPS) is 16.9. The number of hydrogen-bond donors (Lipinski definition) is 0. The maximum atomic E-state index is 11.8. The Morgan fingerprint density at radius 2 is 1.72 bits per heavy atom. The third-order valence-electron chi connectivity index (χ3n) is 2.24. The predicted octanol–water partition coefficient (Wildman–Crippen LogP) is 3.18. The summed E-state index contributed by atoms with van der Waals surface area (Å²) >= 11 is 11.4. The highest BCUT2D eigenvalue weighted by Crippen LogP contribution is 2.13. The van der Waals surface area contributed by atoms with Gasteiger partial charge in [-0.2, -0.15) is 0 Å². The molecule has 0 heterocycles. The number of allylic oxidation sites excluding steroid dienone is 4. The average Bonchev–Trinajstić information content (AvgIpc) is 2.34. The molecule has 0 bridgehead atoms. The number of aliphatic imine (C=N–C) groups is 1. The second kappa shape index (κ2) is 5.29. The zero-order valence-corrected chi connectivity index (χ0v) is 10.6. The lowest BCUT2D eigenvalue weighted by molar-refractivity contribution is -0.110. The van der Waals surface area contributed by atoms with E-state index in [0.29, 0.717) is 16.3 Å². The van der Waals surface area contributed by atoms with E-state index in [1.54, 1.807) is 24.3 Å². The smallest absolute Gasteiger partial charge is 0.277 e. The summed E-state index contributed by atoms with van der Waals surface area (Å²) in [4.78, 5) is 26.7. The first kappa shape index (κ1) is 12.7. The van der Waals surface area contributed by atoms with E-state index in [2.05, 4.69) is 4.99 Å². The highest BCUT2D eigenvalue weighted by molar-refractivity contribution is 6.47. The molecule has 0 spiro atoms. The van der Waals surface area contributed by atoms with Gasteiger partial charge in [0.15, 0.2) is 5.78 Å². The van der Waals surface area contributed by atoms with Gasteiger partial charge in [-0.1, -0.05) is 23.2 Å². The Kier molecular flexibility index (Phi) is 3.75. The number of amides is 1. The fraction of sp³-hybridized carbons (Fsp3) is 0. The number of carbonyl (C=O) groups excluding carboxylic acids is 2. The first-order chi connectivity index (χ1) is 8.56. The Morgan fingerprint density at radius 1 is 1.06 bits per heavy atom. The summed E-state index contributed by atoms with van der Waals surface area (Å²) in [5, 5.41) is 0.588. The van der Waals surface area contributed by atoms with Gasteiger partial charge < -0.3 is 0 Å². The summed E-state index contributed by atoms with van der Waals surface area (Å²) in [6.45, 7) is 0. The Morgan fingerprint density at radius 3 is 2.33 bits per heavy atom. The molecule has 0 fully saturated rings. The fourth-order valence-corrected chi connectivity index (χ4v) is 1.63. The molecule has 5 heteroatoms. The van der Waals surface area contributed by atoms with Crippen LogP contribution in [0.4, 0.5) is 0 Å². The highest BCUT2D eigenvalue weighted by Gasteiger charge is 2.11. The number of hydrogen-bond acceptors (Lipinski definition) is 2. The van der Waals surface area contributed by atoms with Crippen LogP contribution in [0.3, 0.4) is 0 Å². The van der Waals surface area contributed by atoms with Gasteiger partial charge in [-0.3, -0.25) is 9.59 Å². The molecule has 90 valence electrons. The molecule has 0 unspecified atom stereocenters. The van der Waals surface area contributed by atoms with E-state index in [9.17, 15) is 9.59 Å². The van der Waals surface area contributed by atoms with Crippen molar-refractivity contribution in [2.24, 2.45) is 4.99 Å². The van der Waals surface area contributed by atoms with E-state index in [1.807, 2.05) is 0 Å². The number of halogens is 2. The summed E-state index contributed by atoms with van der Waals surface area (Å²) in [5.41, 5.74) is 0.765. The molecule has 0 saturated heterocycles. The molecule has 0 radical (unpaired) electrons. The van der Waals surface area contributed by atoms with Crippen LogP contribution in [0.5, 0.6) is 0 Å². The van der Waals surface area contributed by atoms with Crippen LogP contribution in [0.2, 0.25) is 5.02 Å². The average molecular weight is 280 g/mol. The Bertz CT molecular complexity index is 598. The second-order valence-corrected chi connectivity index (χ2v) is 4.38. The summed E-state index contributed by atoms with van der Waals surface area (Å²) in [6.07, 6.45) is 4.08. The van der Waals surface area contributed by atoms with Crippen molar-refractivity contribution in [3.05, 3.63) is 58.1 Å². The van der Waals surface area contributed by atoms with E-state index in [1.165, 1.54) is 18.2 Å². The molecule has 1 aromatic rings. The quantitative estimate of drug-likeness (QED) is 0.742. The van der Waals surface area contributed by atoms with E-state index in [-0.39, 0.29) is 10.8 Å². The van der Waals surface area contributed by atoms with Crippen molar-refractivity contribution in [2.75, 3.05) is 0 Å². The fourth-order valence-electron chi connectivity index (χ4n) is 1.33. The van der Waals surface area contributed by atoms with Gasteiger partial charge in [0.05, 0.1) is 10.7 Å². The van der Waals surface area contributed by atoms with Gasteiger partial charge >= 0.3 is 0 Å². The van der Waals surface area contributed by atoms with Crippen LogP contribution in [0.25, 0.3) is 0 Å². The van der Waals surface area contributed by atoms with E-state index in [0.717, 1.165) is 0 Å². The van der Waals surface area contributed by atoms with Gasteiger partial charge in [-0.25, -0.2) is 4.99 Å². The molecule has 0 saturated carbocycles. The summed E-state index contributed by atoms with van der Waals surface area (Å²) in [5.74, 6) is -0.712. The number of nitrogens with zero attached hydrogens (tertiary/aromatic N) is 1. The summed E-state index contributed by atoms with van der Waals surface area (Å²) < 4.78 is 0. The monoisotopic (exact) mass is 279 g/mol. The molecule has 3 nitrogen and oxygen atoms in total. The van der Waals surface area contributed by atoms with Crippen LogP contribution in [0, 0.1) is 0 Å². The number of ketones is 1. The van der Waals surface area contributed by atoms with Crippen LogP contribution in [-0.4, -0.2) is 17.4 Å². The third kappa shape index (κ3) is 2.94. The van der Waals surface area contributed by atoms with Crippen molar-refractivity contribution >= 4 is 40.6 Å². The van der Waals surface area contributed by atoms with E-state index in [4.69, 9.17) is 23.2 Å². The zero-order chi connectivity index (χ0) is 13.1. The molecule has 1 aliphatic carbocycles. The Balaban J connectivity index is 2.24. The van der Waals surface area contributed by atoms with Crippen molar-refractivity contribution < 1.29 is 9.59 Å². The molecule has 1 amide bonds.